The molecule has 5 rings (SSSR count). The van der Waals surface area contributed by atoms with E-state index in [-0.39, 0.29) is 5.41 Å². The van der Waals surface area contributed by atoms with Crippen LogP contribution in [0.4, 0.5) is 5.69 Å². The molecule has 35 heavy (non-hydrogen) atoms. The Bertz CT molecular complexity index is 1230. The zero-order valence-corrected chi connectivity index (χ0v) is 20.4. The third-order valence-corrected chi connectivity index (χ3v) is 7.86. The molecule has 180 valence electrons. The van der Waals surface area contributed by atoms with Crippen LogP contribution in [0.15, 0.2) is 84.4 Å². The molecule has 0 amide bonds. The van der Waals surface area contributed by atoms with Crippen LogP contribution in [0.3, 0.4) is 0 Å². The van der Waals surface area contributed by atoms with Crippen molar-refractivity contribution in [3.8, 4) is 0 Å². The summed E-state index contributed by atoms with van der Waals surface area (Å²) in [7, 11) is 0. The Hall–Kier alpha value is -3.08. The van der Waals surface area contributed by atoms with Crippen LogP contribution in [0.1, 0.15) is 48.8 Å². The summed E-state index contributed by atoms with van der Waals surface area (Å²) in [5.41, 5.74) is 4.68. The summed E-state index contributed by atoms with van der Waals surface area (Å²) in [5.74, 6) is -0.810. The number of carboxylic acid groups (broad SMARTS) is 1. The minimum atomic E-state index is -1.01. The molecule has 0 aromatic heterocycles. The predicted molar refractivity (Wildman–Crippen MR) is 141 cm³/mol. The molecule has 0 aliphatic heterocycles. The fourth-order valence-corrected chi connectivity index (χ4v) is 5.93. The van der Waals surface area contributed by atoms with Crippen molar-refractivity contribution < 1.29 is 14.6 Å². The van der Waals surface area contributed by atoms with Gasteiger partial charge in [0.25, 0.3) is 0 Å². The summed E-state index contributed by atoms with van der Waals surface area (Å²) < 4.78 is 6.02. The fourth-order valence-electron chi connectivity index (χ4n) is 5.74. The van der Waals surface area contributed by atoms with Gasteiger partial charge in [0.15, 0.2) is 0 Å². The third kappa shape index (κ3) is 4.73. The van der Waals surface area contributed by atoms with Gasteiger partial charge in [-0.2, -0.15) is 0 Å². The molecule has 2 N–H and O–H groups in total. The van der Waals surface area contributed by atoms with Crippen LogP contribution in [-0.4, -0.2) is 23.2 Å². The van der Waals surface area contributed by atoms with Crippen LogP contribution in [0.25, 0.3) is 6.08 Å². The summed E-state index contributed by atoms with van der Waals surface area (Å²) >= 11 is 6.15. The summed E-state index contributed by atoms with van der Waals surface area (Å²) in [6, 6.07) is 26.0. The van der Waals surface area contributed by atoms with Crippen molar-refractivity contribution >= 4 is 29.3 Å². The lowest BCUT2D eigenvalue weighted by molar-refractivity contribution is -0.143. The van der Waals surface area contributed by atoms with Gasteiger partial charge in [-0.05, 0) is 67.0 Å². The van der Waals surface area contributed by atoms with Crippen molar-refractivity contribution in [2.45, 2.75) is 49.7 Å². The Kier molecular flexibility index (Phi) is 6.68. The van der Waals surface area contributed by atoms with Gasteiger partial charge in [-0.1, -0.05) is 83.9 Å². The quantitative estimate of drug-likeness (QED) is 0.333. The van der Waals surface area contributed by atoms with Crippen molar-refractivity contribution in [1.82, 2.24) is 0 Å². The second-order valence-electron chi connectivity index (χ2n) is 9.65. The van der Waals surface area contributed by atoms with E-state index in [1.165, 1.54) is 22.3 Å². The number of ether oxygens (including phenoxy) is 1. The molecular weight excluding hydrogens is 458 g/mol. The lowest BCUT2D eigenvalue weighted by Crippen LogP contribution is -2.52. The van der Waals surface area contributed by atoms with Crippen molar-refractivity contribution in [3.05, 3.63) is 106 Å². The maximum atomic E-state index is 12.5. The zero-order chi connectivity index (χ0) is 24.3. The normalized spacial score (nSPS) is 23.1. The first-order chi connectivity index (χ1) is 17.0. The molecule has 0 radical (unpaired) electrons. The first kappa shape index (κ1) is 23.7. The van der Waals surface area contributed by atoms with Gasteiger partial charge in [-0.25, -0.2) is 4.79 Å². The first-order valence-electron chi connectivity index (χ1n) is 12.2. The highest BCUT2D eigenvalue weighted by Gasteiger charge is 2.51. The Morgan fingerprint density at radius 2 is 1.69 bits per heavy atom. The van der Waals surface area contributed by atoms with Crippen molar-refractivity contribution in [2.24, 2.45) is 0 Å². The monoisotopic (exact) mass is 487 g/mol. The maximum Gasteiger partial charge on any atom is 0.329 e. The van der Waals surface area contributed by atoms with E-state index in [9.17, 15) is 9.90 Å². The second kappa shape index (κ2) is 9.88. The van der Waals surface area contributed by atoms with Gasteiger partial charge in [0, 0.05) is 16.1 Å². The van der Waals surface area contributed by atoms with Gasteiger partial charge in [-0.15, -0.1) is 0 Å². The van der Waals surface area contributed by atoms with E-state index in [2.05, 4.69) is 47.8 Å². The van der Waals surface area contributed by atoms with Gasteiger partial charge in [-0.3, -0.25) is 0 Å². The van der Waals surface area contributed by atoms with Gasteiger partial charge >= 0.3 is 5.97 Å². The molecule has 5 heteroatoms. The molecule has 2 aliphatic rings. The van der Waals surface area contributed by atoms with Gasteiger partial charge in [0.1, 0.15) is 5.54 Å². The maximum absolute atomic E-state index is 12.5. The van der Waals surface area contributed by atoms with Crippen LogP contribution >= 0.6 is 11.6 Å². The highest BCUT2D eigenvalue weighted by Crippen LogP contribution is 2.54. The fraction of sp³-hybridized carbons (Fsp3) is 0.300. The molecule has 1 spiro atoms. The number of benzene rings is 3. The van der Waals surface area contributed by atoms with Crippen LogP contribution in [0, 0.1) is 0 Å². The Labute approximate surface area is 211 Å². The van der Waals surface area contributed by atoms with E-state index in [4.69, 9.17) is 16.3 Å². The second-order valence-corrected chi connectivity index (χ2v) is 10.1. The number of hydrogen-bond donors (Lipinski definition) is 2. The predicted octanol–water partition coefficient (Wildman–Crippen LogP) is 7.09. The topological polar surface area (TPSA) is 58.6 Å². The Morgan fingerprint density at radius 1 is 0.943 bits per heavy atom. The molecule has 0 bridgehead atoms. The van der Waals surface area contributed by atoms with Crippen molar-refractivity contribution in [2.75, 3.05) is 11.9 Å². The zero-order valence-electron chi connectivity index (χ0n) is 19.7. The number of fused-ring (bicyclic) bond motifs is 2. The van der Waals surface area contributed by atoms with E-state index >= 15 is 0 Å². The smallest absolute Gasteiger partial charge is 0.329 e. The largest absolute Gasteiger partial charge is 0.480 e. The summed E-state index contributed by atoms with van der Waals surface area (Å²) in [5, 5.41) is 14.2. The molecule has 1 saturated carbocycles. The number of nitrogens with one attached hydrogen (secondary N) is 1. The third-order valence-electron chi connectivity index (χ3n) is 7.62. The molecule has 4 nitrogen and oxygen atoms in total. The lowest BCUT2D eigenvalue weighted by atomic mass is 9.62. The highest BCUT2D eigenvalue weighted by atomic mass is 35.5. The number of halogens is 1. The van der Waals surface area contributed by atoms with Gasteiger partial charge < -0.3 is 15.2 Å². The standard InChI is InChI=1S/C30H30ClNO3/c31-25-10-6-11-26(20-25)32-30(28(33)34)16-14-29(15-17-30)24(19-23-9-4-5-12-27(23)29)13-18-35-21-22-7-2-1-3-8-22/h1-12,19-20,32H,13-18,21H2,(H,33,34). The molecule has 0 heterocycles. The average molecular weight is 488 g/mol. The number of rotatable bonds is 8. The Balaban J connectivity index is 1.33. The molecule has 0 unspecified atom stereocenters. The van der Waals surface area contributed by atoms with Crippen molar-refractivity contribution in [1.29, 1.82) is 0 Å². The average Bonchev–Trinajstić information content (AvgIpc) is 3.17. The molecule has 3 aromatic carbocycles. The number of carboxylic acids is 1. The summed E-state index contributed by atoms with van der Waals surface area (Å²) in [6.45, 7) is 1.24. The number of carbonyl (C=O) groups is 1. The molecule has 0 saturated heterocycles. The Morgan fingerprint density at radius 3 is 2.43 bits per heavy atom. The van der Waals surface area contributed by atoms with Gasteiger partial charge in [0.05, 0.1) is 13.2 Å². The van der Waals surface area contributed by atoms with Crippen molar-refractivity contribution in [3.63, 3.8) is 0 Å². The summed E-state index contributed by atoms with van der Waals surface area (Å²) in [6.07, 6.45) is 5.75. The van der Waals surface area contributed by atoms with E-state index < -0.39 is 11.5 Å². The molecule has 1 fully saturated rings. The van der Waals surface area contributed by atoms with E-state index in [1.807, 2.05) is 30.3 Å². The minimum Gasteiger partial charge on any atom is -0.480 e. The van der Waals surface area contributed by atoms with E-state index in [0.29, 0.717) is 31.1 Å². The minimum absolute atomic E-state index is 0.137. The van der Waals surface area contributed by atoms with Crippen LogP contribution in [0.5, 0.6) is 0 Å². The van der Waals surface area contributed by atoms with E-state index in [0.717, 1.165) is 24.9 Å². The number of aliphatic carboxylic acids is 1. The molecular formula is C30H30ClNO3. The molecule has 0 atom stereocenters. The first-order valence-corrected chi connectivity index (χ1v) is 12.6. The SMILES string of the molecule is O=C(O)C1(Nc2cccc(Cl)c2)CCC2(CC1)C(CCOCc1ccccc1)=Cc1ccccc12. The van der Waals surface area contributed by atoms with Gasteiger partial charge in [0.2, 0.25) is 0 Å². The van der Waals surface area contributed by atoms with Crippen LogP contribution < -0.4 is 5.32 Å². The van der Waals surface area contributed by atoms with E-state index in [1.54, 1.807) is 12.1 Å². The summed E-state index contributed by atoms with van der Waals surface area (Å²) in [4.78, 5) is 12.5. The number of hydrogen-bond acceptors (Lipinski definition) is 3. The van der Waals surface area contributed by atoms with Crippen LogP contribution in [-0.2, 0) is 21.6 Å². The number of anilines is 1. The molecule has 3 aromatic rings. The van der Waals surface area contributed by atoms with Crippen LogP contribution in [0.2, 0.25) is 5.02 Å². The lowest BCUT2D eigenvalue weighted by Gasteiger charge is -2.45. The highest BCUT2D eigenvalue weighted by molar-refractivity contribution is 6.30. The molecule has 2 aliphatic carbocycles.